The molecule has 0 fully saturated rings. The number of benzene rings is 2. The summed E-state index contributed by atoms with van der Waals surface area (Å²) in [5.74, 6) is -0.557. The average molecular weight is 400 g/mol. The first-order chi connectivity index (χ1) is 12.1. The number of carbonyl (C=O) groups is 1. The van der Waals surface area contributed by atoms with Crippen LogP contribution in [0.4, 0.5) is 17.1 Å². The number of halogens is 1. The zero-order valence-corrected chi connectivity index (χ0v) is 15.2. The molecule has 2 aromatic carbocycles. The third-order valence-electron chi connectivity index (χ3n) is 3.16. The van der Waals surface area contributed by atoms with Gasteiger partial charge in [-0.25, -0.2) is 8.42 Å². The molecule has 0 aromatic heterocycles. The van der Waals surface area contributed by atoms with Crippen LogP contribution in [0.25, 0.3) is 0 Å². The van der Waals surface area contributed by atoms with Gasteiger partial charge >= 0.3 is 0 Å². The second kappa shape index (κ2) is 7.58. The fourth-order valence-corrected chi connectivity index (χ4v) is 2.83. The lowest BCUT2D eigenvalue weighted by Crippen LogP contribution is -2.14. The second-order valence-corrected chi connectivity index (χ2v) is 7.35. The van der Waals surface area contributed by atoms with E-state index in [1.165, 1.54) is 37.4 Å². The molecule has 2 aromatic rings. The van der Waals surface area contributed by atoms with Gasteiger partial charge in [-0.05, 0) is 24.3 Å². The van der Waals surface area contributed by atoms with Gasteiger partial charge in [0, 0.05) is 22.8 Å². The number of carbonyl (C=O) groups excluding carboxylic acids is 1. The first kappa shape index (κ1) is 19.5. The minimum Gasteiger partial charge on any atom is -0.494 e. The van der Waals surface area contributed by atoms with Crippen molar-refractivity contribution < 1.29 is 22.9 Å². The Morgan fingerprint density at radius 2 is 1.92 bits per heavy atom. The highest BCUT2D eigenvalue weighted by molar-refractivity contribution is 7.92. The Bertz CT molecular complexity index is 977. The predicted octanol–water partition coefficient (Wildman–Crippen LogP) is 2.88. The molecule has 0 aliphatic heterocycles. The molecule has 0 saturated carbocycles. The van der Waals surface area contributed by atoms with E-state index in [4.69, 9.17) is 16.3 Å². The van der Waals surface area contributed by atoms with E-state index in [9.17, 15) is 23.3 Å². The van der Waals surface area contributed by atoms with Crippen LogP contribution < -0.4 is 14.8 Å². The molecule has 26 heavy (non-hydrogen) atoms. The molecule has 0 heterocycles. The highest BCUT2D eigenvalue weighted by Crippen LogP contribution is 2.30. The Kier molecular flexibility index (Phi) is 5.68. The number of sulfonamides is 1. The van der Waals surface area contributed by atoms with E-state index in [-0.39, 0.29) is 27.7 Å². The molecule has 0 atom stereocenters. The van der Waals surface area contributed by atoms with Crippen LogP contribution in [0.3, 0.4) is 0 Å². The molecule has 138 valence electrons. The fourth-order valence-electron chi connectivity index (χ4n) is 2.10. The summed E-state index contributed by atoms with van der Waals surface area (Å²) in [6, 6.07) is 7.89. The van der Waals surface area contributed by atoms with Crippen molar-refractivity contribution >= 4 is 44.6 Å². The van der Waals surface area contributed by atoms with E-state index in [1.54, 1.807) is 0 Å². The van der Waals surface area contributed by atoms with Gasteiger partial charge in [-0.3, -0.25) is 19.6 Å². The van der Waals surface area contributed by atoms with E-state index >= 15 is 0 Å². The van der Waals surface area contributed by atoms with Crippen molar-refractivity contribution in [3.63, 3.8) is 0 Å². The number of hydrogen-bond donors (Lipinski definition) is 2. The van der Waals surface area contributed by atoms with E-state index in [0.717, 1.165) is 12.3 Å². The highest BCUT2D eigenvalue weighted by Gasteiger charge is 2.21. The third-order valence-corrected chi connectivity index (χ3v) is 3.98. The van der Waals surface area contributed by atoms with Gasteiger partial charge in [0.2, 0.25) is 10.0 Å². The van der Waals surface area contributed by atoms with Crippen molar-refractivity contribution in [1.29, 1.82) is 0 Å². The molecule has 0 aliphatic rings. The van der Waals surface area contributed by atoms with Crippen molar-refractivity contribution in [1.82, 2.24) is 0 Å². The summed E-state index contributed by atoms with van der Waals surface area (Å²) in [4.78, 5) is 22.7. The van der Waals surface area contributed by atoms with Gasteiger partial charge in [-0.2, -0.15) is 0 Å². The number of methoxy groups -OCH3 is 1. The maximum atomic E-state index is 12.4. The zero-order valence-electron chi connectivity index (χ0n) is 13.6. The first-order valence-electron chi connectivity index (χ1n) is 7.02. The van der Waals surface area contributed by atoms with Crippen molar-refractivity contribution in [2.75, 3.05) is 23.4 Å². The summed E-state index contributed by atoms with van der Waals surface area (Å²) in [7, 11) is -2.18. The number of nitro groups is 1. The monoisotopic (exact) mass is 399 g/mol. The average Bonchev–Trinajstić information content (AvgIpc) is 2.54. The lowest BCUT2D eigenvalue weighted by atomic mass is 10.1. The molecule has 0 aliphatic carbocycles. The molecule has 0 saturated heterocycles. The summed E-state index contributed by atoms with van der Waals surface area (Å²) in [6.45, 7) is 0. The van der Waals surface area contributed by atoms with Crippen molar-refractivity contribution in [3.05, 3.63) is 57.1 Å². The zero-order chi connectivity index (χ0) is 19.5. The van der Waals surface area contributed by atoms with E-state index in [0.29, 0.717) is 0 Å². The summed E-state index contributed by atoms with van der Waals surface area (Å²) >= 11 is 5.73. The molecule has 11 heteroatoms. The second-order valence-electron chi connectivity index (χ2n) is 5.16. The van der Waals surface area contributed by atoms with Crippen LogP contribution in [-0.4, -0.2) is 32.6 Å². The number of nitro benzene ring substituents is 1. The Morgan fingerprint density at radius 3 is 2.50 bits per heavy atom. The maximum absolute atomic E-state index is 12.4. The summed E-state index contributed by atoms with van der Waals surface area (Å²) in [5, 5.41) is 13.7. The lowest BCUT2D eigenvalue weighted by molar-refractivity contribution is -0.385. The van der Waals surface area contributed by atoms with Gasteiger partial charge in [0.15, 0.2) is 0 Å². The quantitative estimate of drug-likeness (QED) is 0.567. The van der Waals surface area contributed by atoms with E-state index in [1.807, 2.05) is 0 Å². The number of nitrogens with zero attached hydrogens (tertiary/aromatic N) is 1. The molecular formula is C15H14ClN3O6S. The predicted molar refractivity (Wildman–Crippen MR) is 97.5 cm³/mol. The van der Waals surface area contributed by atoms with Crippen LogP contribution in [0.2, 0.25) is 5.02 Å². The van der Waals surface area contributed by atoms with Gasteiger partial charge in [0.1, 0.15) is 11.3 Å². The fraction of sp³-hybridized carbons (Fsp3) is 0.133. The van der Waals surface area contributed by atoms with Crippen molar-refractivity contribution in [2.45, 2.75) is 0 Å². The van der Waals surface area contributed by atoms with Gasteiger partial charge in [0.25, 0.3) is 11.6 Å². The van der Waals surface area contributed by atoms with Crippen LogP contribution in [0.1, 0.15) is 10.4 Å². The van der Waals surface area contributed by atoms with Crippen molar-refractivity contribution in [3.8, 4) is 5.75 Å². The topological polar surface area (TPSA) is 128 Å². The largest absolute Gasteiger partial charge is 0.494 e. The number of hydrogen-bond acceptors (Lipinski definition) is 6. The van der Waals surface area contributed by atoms with Gasteiger partial charge in [-0.15, -0.1) is 0 Å². The maximum Gasteiger partial charge on any atom is 0.283 e. The molecule has 1 amide bonds. The summed E-state index contributed by atoms with van der Waals surface area (Å²) in [5.41, 5.74) is -0.158. The Hall–Kier alpha value is -2.85. The first-order valence-corrected chi connectivity index (χ1v) is 9.29. The van der Waals surface area contributed by atoms with Gasteiger partial charge in [0.05, 0.1) is 24.0 Å². The molecule has 2 N–H and O–H groups in total. The SMILES string of the molecule is COc1cc(NC(=O)c2ccc(Cl)cc2[N+](=O)[O-])ccc1NS(C)(=O)=O. The van der Waals surface area contributed by atoms with Gasteiger partial charge < -0.3 is 10.1 Å². The minimum absolute atomic E-state index is 0.131. The molecule has 2 rings (SSSR count). The number of anilines is 2. The number of ether oxygens (including phenoxy) is 1. The Balaban J connectivity index is 2.31. The molecule has 0 spiro atoms. The van der Waals surface area contributed by atoms with Crippen LogP contribution in [0.15, 0.2) is 36.4 Å². The van der Waals surface area contributed by atoms with Crippen LogP contribution in [-0.2, 0) is 10.0 Å². The molecule has 0 bridgehead atoms. The normalized spacial score (nSPS) is 10.9. The van der Waals surface area contributed by atoms with Crippen LogP contribution in [0, 0.1) is 10.1 Å². The van der Waals surface area contributed by atoms with Crippen LogP contribution >= 0.6 is 11.6 Å². The Morgan fingerprint density at radius 1 is 1.23 bits per heavy atom. The number of rotatable bonds is 6. The van der Waals surface area contributed by atoms with E-state index in [2.05, 4.69) is 10.0 Å². The summed E-state index contributed by atoms with van der Waals surface area (Å²) in [6.07, 6.45) is 0.988. The van der Waals surface area contributed by atoms with E-state index < -0.39 is 26.5 Å². The van der Waals surface area contributed by atoms with Crippen LogP contribution in [0.5, 0.6) is 5.75 Å². The molecule has 9 nitrogen and oxygen atoms in total. The number of amides is 1. The summed E-state index contributed by atoms with van der Waals surface area (Å²) < 4.78 is 30.0. The lowest BCUT2D eigenvalue weighted by Gasteiger charge is -2.12. The standard InChI is InChI=1S/C15H14ClN3O6S/c1-25-14-8-10(4-6-12(14)18-26(2,23)24)17-15(20)11-5-3-9(16)7-13(11)19(21)22/h3-8,18H,1-2H3,(H,17,20). The Labute approximate surface area is 154 Å². The van der Waals surface area contributed by atoms with Gasteiger partial charge in [-0.1, -0.05) is 11.6 Å². The molecule has 0 radical (unpaired) electrons. The van der Waals surface area contributed by atoms with Crippen molar-refractivity contribution in [2.24, 2.45) is 0 Å². The number of nitrogens with one attached hydrogen (secondary N) is 2. The smallest absolute Gasteiger partial charge is 0.283 e. The minimum atomic E-state index is -3.51. The third kappa shape index (κ3) is 4.83. The highest BCUT2D eigenvalue weighted by atomic mass is 35.5. The molecular weight excluding hydrogens is 386 g/mol. The molecule has 0 unspecified atom stereocenters.